The van der Waals surface area contributed by atoms with Crippen LogP contribution in [0, 0.1) is 0 Å². The smallest absolute Gasteiger partial charge is 0.140 e. The minimum absolute atomic E-state index is 0.790. The first kappa shape index (κ1) is 17.3. The van der Waals surface area contributed by atoms with Crippen molar-refractivity contribution in [2.75, 3.05) is 14.1 Å². The molecule has 1 heteroatoms. The molecule has 0 aliphatic heterocycles. The fraction of sp³-hybridized carbons (Fsp3) is 0.360. The van der Waals surface area contributed by atoms with Crippen LogP contribution in [0.25, 0.3) is 10.8 Å². The van der Waals surface area contributed by atoms with E-state index < -0.39 is 0 Å². The van der Waals surface area contributed by atoms with E-state index in [1.54, 1.807) is 5.56 Å². The molecule has 1 saturated carbocycles. The van der Waals surface area contributed by atoms with Crippen LogP contribution in [0.1, 0.15) is 49.1 Å². The van der Waals surface area contributed by atoms with Crippen LogP contribution in [0.2, 0.25) is 0 Å². The zero-order chi connectivity index (χ0) is 18.0. The molecule has 1 nitrogen and oxygen atoms in total. The van der Waals surface area contributed by atoms with Gasteiger partial charge in [-0.15, -0.1) is 0 Å². The second-order valence-corrected chi connectivity index (χ2v) is 8.42. The summed E-state index contributed by atoms with van der Waals surface area (Å²) in [7, 11) is 4.63. The fourth-order valence-electron chi connectivity index (χ4n) is 4.61. The number of nitrogens with zero attached hydrogens (tertiary/aromatic N) is 1. The van der Waals surface area contributed by atoms with Crippen molar-refractivity contribution in [2.24, 2.45) is 0 Å². The topological polar surface area (TPSA) is 0 Å². The number of hydrogen-bond donors (Lipinski definition) is 0. The molecule has 0 N–H and O–H groups in total. The Hall–Kier alpha value is -2.12. The molecule has 0 bridgehead atoms. The van der Waals surface area contributed by atoms with Gasteiger partial charge in [-0.05, 0) is 41.8 Å². The van der Waals surface area contributed by atoms with E-state index in [9.17, 15) is 0 Å². The molecule has 1 aliphatic rings. The third kappa shape index (κ3) is 3.54. The first-order chi connectivity index (χ1) is 12.6. The van der Waals surface area contributed by atoms with Crippen molar-refractivity contribution < 1.29 is 0 Å². The van der Waals surface area contributed by atoms with Crippen LogP contribution in [-0.2, 0) is 6.54 Å². The number of fused-ring (bicyclic) bond motifs is 1. The Labute approximate surface area is 157 Å². The van der Waals surface area contributed by atoms with E-state index in [0.717, 1.165) is 16.9 Å². The van der Waals surface area contributed by atoms with Gasteiger partial charge in [0, 0.05) is 10.9 Å². The van der Waals surface area contributed by atoms with Crippen molar-refractivity contribution in [3.8, 4) is 0 Å². The average molecular weight is 345 g/mol. The van der Waals surface area contributed by atoms with Crippen LogP contribution < -0.4 is 4.48 Å². The van der Waals surface area contributed by atoms with Crippen LogP contribution in [0.3, 0.4) is 0 Å². The Morgan fingerprint density at radius 2 is 1.46 bits per heavy atom. The highest BCUT2D eigenvalue weighted by molar-refractivity contribution is 5.93. The lowest BCUT2D eigenvalue weighted by Crippen LogP contribution is -2.39. The van der Waals surface area contributed by atoms with Crippen LogP contribution in [0.15, 0.2) is 66.7 Å². The number of rotatable bonds is 4. The zero-order valence-electron chi connectivity index (χ0n) is 16.1. The lowest BCUT2D eigenvalue weighted by atomic mass is 9.84. The molecule has 26 heavy (non-hydrogen) atoms. The summed E-state index contributed by atoms with van der Waals surface area (Å²) in [5.41, 5.74) is 4.35. The van der Waals surface area contributed by atoms with Gasteiger partial charge in [-0.1, -0.05) is 73.9 Å². The van der Waals surface area contributed by atoms with Gasteiger partial charge in [0.1, 0.15) is 12.2 Å². The highest BCUT2D eigenvalue weighted by Gasteiger charge is 2.22. The van der Waals surface area contributed by atoms with E-state index in [1.165, 1.54) is 54.1 Å². The second kappa shape index (κ2) is 7.25. The third-order valence-corrected chi connectivity index (χ3v) is 6.05. The minimum atomic E-state index is 0.790. The second-order valence-electron chi connectivity index (χ2n) is 8.42. The normalized spacial score (nSPS) is 16.1. The van der Waals surface area contributed by atoms with Crippen LogP contribution >= 0.6 is 0 Å². The highest BCUT2D eigenvalue weighted by Crippen LogP contribution is 2.34. The van der Waals surface area contributed by atoms with E-state index in [-0.39, 0.29) is 0 Å². The van der Waals surface area contributed by atoms with E-state index >= 15 is 0 Å². The average Bonchev–Trinajstić information content (AvgIpc) is 2.68. The summed E-state index contributed by atoms with van der Waals surface area (Å²) in [4.78, 5) is 0. The van der Waals surface area contributed by atoms with Gasteiger partial charge in [0.25, 0.3) is 0 Å². The largest absolute Gasteiger partial charge is 0.292 e. The Kier molecular flexibility index (Phi) is 4.82. The molecule has 0 heterocycles. The summed E-state index contributed by atoms with van der Waals surface area (Å²) in [5, 5.41) is 2.68. The van der Waals surface area contributed by atoms with Gasteiger partial charge in [-0.3, -0.25) is 4.48 Å². The molecular formula is C25H30N+. The van der Waals surface area contributed by atoms with E-state index in [1.807, 2.05) is 0 Å². The molecule has 0 aromatic heterocycles. The van der Waals surface area contributed by atoms with Crippen molar-refractivity contribution in [1.29, 1.82) is 0 Å². The molecule has 0 atom stereocenters. The van der Waals surface area contributed by atoms with E-state index in [2.05, 4.69) is 80.8 Å². The molecule has 1 aliphatic carbocycles. The minimum Gasteiger partial charge on any atom is -0.292 e. The first-order valence-corrected chi connectivity index (χ1v) is 10.0. The summed E-state index contributed by atoms with van der Waals surface area (Å²) in [6.07, 6.45) is 6.97. The third-order valence-electron chi connectivity index (χ3n) is 6.05. The molecule has 3 aromatic carbocycles. The zero-order valence-corrected chi connectivity index (χ0v) is 16.1. The van der Waals surface area contributed by atoms with Crippen molar-refractivity contribution in [1.82, 2.24) is 4.48 Å². The van der Waals surface area contributed by atoms with Gasteiger partial charge in [0.05, 0.1) is 14.1 Å². The van der Waals surface area contributed by atoms with Gasteiger partial charge in [-0.25, -0.2) is 0 Å². The Morgan fingerprint density at radius 3 is 2.23 bits per heavy atom. The maximum absolute atomic E-state index is 2.38. The quantitative estimate of drug-likeness (QED) is 0.464. The van der Waals surface area contributed by atoms with Gasteiger partial charge >= 0.3 is 0 Å². The van der Waals surface area contributed by atoms with Gasteiger partial charge in [0.2, 0.25) is 0 Å². The van der Waals surface area contributed by atoms with Crippen molar-refractivity contribution >= 4 is 16.5 Å². The maximum atomic E-state index is 2.38. The molecular weight excluding hydrogens is 314 g/mol. The maximum Gasteiger partial charge on any atom is 0.140 e. The lowest BCUT2D eigenvalue weighted by molar-refractivity contribution is 0.394. The van der Waals surface area contributed by atoms with Crippen molar-refractivity contribution in [3.05, 3.63) is 77.9 Å². The predicted octanol–water partition coefficient (Wildman–Crippen LogP) is 6.65. The summed E-state index contributed by atoms with van der Waals surface area (Å²) >= 11 is 0. The Balaban J connectivity index is 1.57. The molecule has 0 amide bonds. The number of benzene rings is 3. The summed E-state index contributed by atoms with van der Waals surface area (Å²) in [5.74, 6) is 0.790. The molecule has 134 valence electrons. The summed E-state index contributed by atoms with van der Waals surface area (Å²) < 4.78 is 0.865. The van der Waals surface area contributed by atoms with Crippen LogP contribution in [-0.4, -0.2) is 14.1 Å². The van der Waals surface area contributed by atoms with Crippen molar-refractivity contribution in [3.63, 3.8) is 0 Å². The van der Waals surface area contributed by atoms with Crippen LogP contribution in [0.4, 0.5) is 5.69 Å². The molecule has 0 saturated heterocycles. The number of quaternary nitrogens is 1. The highest BCUT2D eigenvalue weighted by atomic mass is 15.3. The van der Waals surface area contributed by atoms with Crippen LogP contribution in [0.5, 0.6) is 0 Å². The first-order valence-electron chi connectivity index (χ1n) is 10.0. The molecule has 3 aromatic rings. The SMILES string of the molecule is C[N+](C)(Cc1ccc(C2CCCCC2)cc1)c1cccc2ccccc12. The summed E-state index contributed by atoms with van der Waals surface area (Å²) in [6, 6.07) is 24.9. The molecule has 0 radical (unpaired) electrons. The number of hydrogen-bond acceptors (Lipinski definition) is 0. The molecule has 0 unspecified atom stereocenters. The Bertz CT molecular complexity index is 865. The predicted molar refractivity (Wildman–Crippen MR) is 114 cm³/mol. The molecule has 0 spiro atoms. The molecule has 1 fully saturated rings. The standard InChI is InChI=1S/C25H30N/c1-26(2,25-14-8-12-23-11-6-7-13-24(23)25)19-20-15-17-22(18-16-20)21-9-4-3-5-10-21/h6-8,11-18,21H,3-5,9-10,19H2,1-2H3/q+1. The monoisotopic (exact) mass is 344 g/mol. The lowest BCUT2D eigenvalue weighted by Gasteiger charge is -2.31. The van der Waals surface area contributed by atoms with Gasteiger partial charge < -0.3 is 0 Å². The van der Waals surface area contributed by atoms with Gasteiger partial charge in [-0.2, -0.15) is 0 Å². The Morgan fingerprint density at radius 1 is 0.769 bits per heavy atom. The molecule has 4 rings (SSSR count). The van der Waals surface area contributed by atoms with Gasteiger partial charge in [0.15, 0.2) is 0 Å². The fourth-order valence-corrected chi connectivity index (χ4v) is 4.61. The summed E-state index contributed by atoms with van der Waals surface area (Å²) in [6.45, 7) is 1.01. The van der Waals surface area contributed by atoms with E-state index in [4.69, 9.17) is 0 Å². The van der Waals surface area contributed by atoms with Crippen molar-refractivity contribution in [2.45, 2.75) is 44.6 Å². The van der Waals surface area contributed by atoms with E-state index in [0.29, 0.717) is 0 Å².